The summed E-state index contributed by atoms with van der Waals surface area (Å²) in [5.41, 5.74) is 0. The van der Waals surface area contributed by atoms with Crippen molar-refractivity contribution in [1.82, 2.24) is 0 Å². The van der Waals surface area contributed by atoms with Crippen LogP contribution in [0.5, 0.6) is 0 Å². The van der Waals surface area contributed by atoms with Crippen molar-refractivity contribution in [1.29, 1.82) is 0 Å². The lowest BCUT2D eigenvalue weighted by atomic mass is 10.2. The third kappa shape index (κ3) is 3.91. The molecule has 0 amide bonds. The van der Waals surface area contributed by atoms with Gasteiger partial charge in [-0.1, -0.05) is 55.8 Å². The van der Waals surface area contributed by atoms with Crippen LogP contribution in [0.15, 0.2) is 87.5 Å². The van der Waals surface area contributed by atoms with Crippen LogP contribution in [0, 0.1) is 0 Å². The summed E-state index contributed by atoms with van der Waals surface area (Å²) < 4.78 is 5.03. The maximum absolute atomic E-state index is 5.03. The zero-order valence-electron chi connectivity index (χ0n) is 11.9. The molecule has 0 bridgehead atoms. The first-order valence-electron chi connectivity index (χ1n) is 7.03. The standard InChI is InChI=1S/C18H21NS/c1-3-11-16(4-2)19-20(17-12-7-5-8-13-17)18-14-9-6-10-15-18/h4-10,12-16H,2-3,11H2,1H3/t16-/m0/s1. The van der Waals surface area contributed by atoms with Gasteiger partial charge in [0, 0.05) is 9.79 Å². The molecule has 0 aliphatic heterocycles. The molecule has 2 aromatic rings. The predicted molar refractivity (Wildman–Crippen MR) is 88.1 cm³/mol. The van der Waals surface area contributed by atoms with E-state index in [0.717, 1.165) is 12.8 Å². The van der Waals surface area contributed by atoms with Crippen LogP contribution < -0.4 is 0 Å². The van der Waals surface area contributed by atoms with Crippen molar-refractivity contribution in [3.63, 3.8) is 0 Å². The van der Waals surface area contributed by atoms with Crippen LogP contribution in [0.4, 0.5) is 0 Å². The molecule has 20 heavy (non-hydrogen) atoms. The summed E-state index contributed by atoms with van der Waals surface area (Å²) in [6, 6.07) is 21.3. The third-order valence-corrected chi connectivity index (χ3v) is 4.95. The third-order valence-electron chi connectivity index (χ3n) is 3.03. The molecule has 0 heterocycles. The molecule has 1 atom stereocenters. The zero-order valence-corrected chi connectivity index (χ0v) is 12.7. The molecule has 0 saturated carbocycles. The first kappa shape index (κ1) is 14.7. The summed E-state index contributed by atoms with van der Waals surface area (Å²) in [6.07, 6.45) is 4.16. The van der Waals surface area contributed by atoms with E-state index in [-0.39, 0.29) is 16.7 Å². The van der Waals surface area contributed by atoms with Gasteiger partial charge in [0.25, 0.3) is 0 Å². The van der Waals surface area contributed by atoms with Crippen molar-refractivity contribution in [3.05, 3.63) is 73.3 Å². The molecule has 0 saturated heterocycles. The summed E-state index contributed by atoms with van der Waals surface area (Å²) in [6.45, 7) is 6.12. The molecule has 0 fully saturated rings. The summed E-state index contributed by atoms with van der Waals surface area (Å²) in [5.74, 6) is 0. The van der Waals surface area contributed by atoms with E-state index in [4.69, 9.17) is 4.36 Å². The van der Waals surface area contributed by atoms with Crippen molar-refractivity contribution in [2.24, 2.45) is 4.36 Å². The molecule has 2 aromatic carbocycles. The average molecular weight is 283 g/mol. The van der Waals surface area contributed by atoms with Crippen LogP contribution in [-0.4, -0.2) is 6.04 Å². The van der Waals surface area contributed by atoms with E-state index < -0.39 is 0 Å². The van der Waals surface area contributed by atoms with E-state index in [1.165, 1.54) is 9.79 Å². The smallest absolute Gasteiger partial charge is 0.0753 e. The predicted octanol–water partition coefficient (Wildman–Crippen LogP) is 5.26. The molecule has 0 spiro atoms. The fourth-order valence-electron chi connectivity index (χ4n) is 2.00. The Morgan fingerprint density at radius 2 is 1.50 bits per heavy atom. The van der Waals surface area contributed by atoms with Gasteiger partial charge in [-0.15, -0.1) is 6.58 Å². The monoisotopic (exact) mass is 283 g/mol. The summed E-state index contributed by atoms with van der Waals surface area (Å²) in [5, 5.41) is 0. The topological polar surface area (TPSA) is 12.4 Å². The Kier molecular flexibility index (Phi) is 5.75. The average Bonchev–Trinajstić information content (AvgIpc) is 2.53. The highest BCUT2D eigenvalue weighted by atomic mass is 32.2. The molecular formula is C18H21NS. The maximum atomic E-state index is 5.03. The second kappa shape index (κ2) is 7.81. The molecule has 0 aromatic heterocycles. The number of nitrogens with zero attached hydrogens (tertiary/aromatic N) is 1. The first-order chi connectivity index (χ1) is 9.85. The van der Waals surface area contributed by atoms with Gasteiger partial charge in [0.05, 0.1) is 6.04 Å². The highest BCUT2D eigenvalue weighted by Gasteiger charge is 2.07. The minimum Gasteiger partial charge on any atom is -0.248 e. The van der Waals surface area contributed by atoms with Gasteiger partial charge in [0.15, 0.2) is 0 Å². The minimum absolute atomic E-state index is 0.226. The van der Waals surface area contributed by atoms with E-state index >= 15 is 0 Å². The summed E-state index contributed by atoms with van der Waals surface area (Å²) >= 11 is 0. The Balaban J connectivity index is 2.44. The van der Waals surface area contributed by atoms with Crippen LogP contribution in [0.25, 0.3) is 0 Å². The molecule has 0 unspecified atom stereocenters. The number of rotatable bonds is 6. The van der Waals surface area contributed by atoms with E-state index in [1.54, 1.807) is 0 Å². The fourth-order valence-corrected chi connectivity index (χ4v) is 3.81. The van der Waals surface area contributed by atoms with Gasteiger partial charge < -0.3 is 0 Å². The lowest BCUT2D eigenvalue weighted by Crippen LogP contribution is -2.03. The van der Waals surface area contributed by atoms with Crippen molar-refractivity contribution in [2.75, 3.05) is 0 Å². The lowest BCUT2D eigenvalue weighted by molar-refractivity contribution is 0.713. The Morgan fingerprint density at radius 1 is 1.00 bits per heavy atom. The highest BCUT2D eigenvalue weighted by molar-refractivity contribution is 7.87. The number of hydrogen-bond donors (Lipinski definition) is 0. The molecule has 2 rings (SSSR count). The van der Waals surface area contributed by atoms with E-state index in [0.29, 0.717) is 0 Å². The van der Waals surface area contributed by atoms with Crippen molar-refractivity contribution >= 4 is 10.7 Å². The van der Waals surface area contributed by atoms with E-state index in [2.05, 4.69) is 62.0 Å². The van der Waals surface area contributed by atoms with Gasteiger partial charge in [0.2, 0.25) is 0 Å². The second-order valence-electron chi connectivity index (χ2n) is 4.61. The van der Waals surface area contributed by atoms with Crippen LogP contribution >= 0.6 is 0 Å². The Hall–Kier alpha value is -1.67. The van der Waals surface area contributed by atoms with Gasteiger partial charge in [-0.3, -0.25) is 0 Å². The normalized spacial score (nSPS) is 12.1. The van der Waals surface area contributed by atoms with E-state index in [9.17, 15) is 0 Å². The quantitative estimate of drug-likeness (QED) is 0.641. The van der Waals surface area contributed by atoms with Gasteiger partial charge >= 0.3 is 0 Å². The minimum atomic E-state index is -0.229. The van der Waals surface area contributed by atoms with Gasteiger partial charge in [0.1, 0.15) is 0 Å². The molecule has 0 aliphatic carbocycles. The number of hydrogen-bond acceptors (Lipinski definition) is 1. The molecule has 0 radical (unpaired) electrons. The molecule has 0 aliphatic rings. The van der Waals surface area contributed by atoms with Crippen LogP contribution in [0.3, 0.4) is 0 Å². The largest absolute Gasteiger partial charge is 0.248 e. The Labute approximate surface area is 124 Å². The van der Waals surface area contributed by atoms with Crippen LogP contribution in [0.2, 0.25) is 0 Å². The lowest BCUT2D eigenvalue weighted by Gasteiger charge is -2.13. The van der Waals surface area contributed by atoms with Gasteiger partial charge in [-0.2, -0.15) is 0 Å². The van der Waals surface area contributed by atoms with Crippen molar-refractivity contribution < 1.29 is 0 Å². The Bertz CT molecular complexity index is 519. The van der Waals surface area contributed by atoms with Gasteiger partial charge in [-0.25, -0.2) is 4.36 Å². The summed E-state index contributed by atoms with van der Waals surface area (Å²) in [4.78, 5) is 2.53. The Morgan fingerprint density at radius 3 is 1.90 bits per heavy atom. The summed E-state index contributed by atoms with van der Waals surface area (Å²) in [7, 11) is -0.229. The molecule has 1 nitrogen and oxygen atoms in total. The first-order valence-corrected chi connectivity index (χ1v) is 8.21. The van der Waals surface area contributed by atoms with Gasteiger partial charge in [-0.05, 0) is 41.4 Å². The SMILES string of the molecule is C=C[C@@H](CCC)N=S(c1ccccc1)c1ccccc1. The fraction of sp³-hybridized carbons (Fsp3) is 0.222. The molecule has 2 heteroatoms. The van der Waals surface area contributed by atoms with Crippen LogP contribution in [0.1, 0.15) is 19.8 Å². The highest BCUT2D eigenvalue weighted by Crippen LogP contribution is 2.20. The van der Waals surface area contributed by atoms with Crippen molar-refractivity contribution in [2.45, 2.75) is 35.6 Å². The zero-order chi connectivity index (χ0) is 14.2. The molecule has 104 valence electrons. The molecular weight excluding hydrogens is 262 g/mol. The van der Waals surface area contributed by atoms with Crippen molar-refractivity contribution in [3.8, 4) is 0 Å². The van der Waals surface area contributed by atoms with E-state index in [1.807, 2.05) is 18.2 Å². The number of benzene rings is 2. The second-order valence-corrected chi connectivity index (χ2v) is 6.33. The van der Waals surface area contributed by atoms with Crippen LogP contribution in [-0.2, 0) is 10.7 Å². The molecule has 0 N–H and O–H groups in total. The maximum Gasteiger partial charge on any atom is 0.0753 e.